The molecule has 18 heavy (non-hydrogen) atoms. The quantitative estimate of drug-likeness (QED) is 0.825. The lowest BCUT2D eigenvalue weighted by molar-refractivity contribution is 0.451. The molecule has 0 fully saturated rings. The summed E-state index contributed by atoms with van der Waals surface area (Å²) < 4.78 is 32.0. The van der Waals surface area contributed by atoms with Gasteiger partial charge >= 0.3 is 0 Å². The number of nitrogen functional groups attached to an aromatic ring is 1. The Morgan fingerprint density at radius 1 is 1.39 bits per heavy atom. The van der Waals surface area contributed by atoms with Crippen molar-refractivity contribution in [3.05, 3.63) is 41.6 Å². The van der Waals surface area contributed by atoms with Crippen LogP contribution in [0, 0.1) is 18.6 Å². The number of anilines is 2. The summed E-state index contributed by atoms with van der Waals surface area (Å²) in [5.74, 6) is -0.936. The van der Waals surface area contributed by atoms with Crippen LogP contribution >= 0.6 is 0 Å². The Labute approximate surface area is 103 Å². The van der Waals surface area contributed by atoms with E-state index in [1.165, 1.54) is 6.07 Å². The van der Waals surface area contributed by atoms with Crippen LogP contribution in [-0.4, -0.2) is 4.98 Å². The van der Waals surface area contributed by atoms with Crippen LogP contribution in [0.1, 0.15) is 24.6 Å². The van der Waals surface area contributed by atoms with Gasteiger partial charge in [-0.25, -0.2) is 13.8 Å². The minimum absolute atomic E-state index is 0.0849. The van der Waals surface area contributed by atoms with Gasteiger partial charge in [-0.05, 0) is 26.0 Å². The van der Waals surface area contributed by atoms with Crippen LogP contribution in [0.25, 0.3) is 0 Å². The highest BCUT2D eigenvalue weighted by molar-refractivity contribution is 5.67. The number of rotatable bonds is 3. The third-order valence-corrected chi connectivity index (χ3v) is 2.50. The second kappa shape index (κ2) is 4.64. The monoisotopic (exact) mass is 253 g/mol. The molecule has 96 valence electrons. The molecule has 0 saturated carbocycles. The fraction of sp³-hybridized carbons (Fsp3) is 0.250. The number of hydrogen-bond donors (Lipinski definition) is 2. The summed E-state index contributed by atoms with van der Waals surface area (Å²) in [5, 5.41) is 2.75. The zero-order valence-electron chi connectivity index (χ0n) is 10.00. The van der Waals surface area contributed by atoms with Gasteiger partial charge in [-0.1, -0.05) is 0 Å². The maximum Gasteiger partial charge on any atom is 0.216 e. The van der Waals surface area contributed by atoms with Crippen molar-refractivity contribution >= 4 is 11.4 Å². The molecule has 1 atom stereocenters. The largest absolute Gasteiger partial charge is 0.444 e. The number of nitrogens with two attached hydrogens (primary N) is 1. The number of aryl methyl sites for hydroxylation is 1. The maximum atomic E-state index is 13.6. The van der Waals surface area contributed by atoms with Crippen molar-refractivity contribution < 1.29 is 13.2 Å². The highest BCUT2D eigenvalue weighted by Gasteiger charge is 2.17. The summed E-state index contributed by atoms with van der Waals surface area (Å²) in [4.78, 5) is 4.01. The van der Waals surface area contributed by atoms with Gasteiger partial charge in [-0.3, -0.25) is 0 Å². The van der Waals surface area contributed by atoms with Crippen molar-refractivity contribution in [1.29, 1.82) is 0 Å². The zero-order chi connectivity index (χ0) is 13.3. The molecule has 0 bridgehead atoms. The predicted molar refractivity (Wildman–Crippen MR) is 64.0 cm³/mol. The van der Waals surface area contributed by atoms with Gasteiger partial charge in [0.2, 0.25) is 5.89 Å². The van der Waals surface area contributed by atoms with E-state index in [0.29, 0.717) is 11.7 Å². The Bertz CT molecular complexity index is 568. The molecule has 0 aliphatic carbocycles. The summed E-state index contributed by atoms with van der Waals surface area (Å²) in [6, 6.07) is 1.86. The standard InChI is InChI=1S/C12H13F2N3O/c1-6-5-16-12(18-6)7(2)17-11-9(15)4-3-8(13)10(11)14/h3-5,7,17H,15H2,1-2H3. The first kappa shape index (κ1) is 12.3. The van der Waals surface area contributed by atoms with Crippen LogP contribution in [0.2, 0.25) is 0 Å². The van der Waals surface area contributed by atoms with E-state index in [-0.39, 0.29) is 11.4 Å². The summed E-state index contributed by atoms with van der Waals surface area (Å²) in [6.07, 6.45) is 1.55. The Morgan fingerprint density at radius 3 is 2.72 bits per heavy atom. The molecule has 0 aliphatic heterocycles. The van der Waals surface area contributed by atoms with Crippen molar-refractivity contribution in [3.8, 4) is 0 Å². The molecule has 1 heterocycles. The van der Waals surface area contributed by atoms with Crippen LogP contribution in [0.4, 0.5) is 20.2 Å². The average molecular weight is 253 g/mol. The summed E-state index contributed by atoms with van der Waals surface area (Å²) in [7, 11) is 0. The highest BCUT2D eigenvalue weighted by Crippen LogP contribution is 2.28. The van der Waals surface area contributed by atoms with Crippen molar-refractivity contribution in [2.45, 2.75) is 19.9 Å². The Morgan fingerprint density at radius 2 is 2.11 bits per heavy atom. The predicted octanol–water partition coefficient (Wildman–Crippen LogP) is 3.02. The molecule has 2 aromatic rings. The molecule has 2 rings (SSSR count). The van der Waals surface area contributed by atoms with Crippen molar-refractivity contribution in [2.75, 3.05) is 11.1 Å². The topological polar surface area (TPSA) is 64.1 Å². The number of hydrogen-bond acceptors (Lipinski definition) is 4. The average Bonchev–Trinajstić information content (AvgIpc) is 2.76. The lowest BCUT2D eigenvalue weighted by atomic mass is 10.2. The Hall–Kier alpha value is -2.11. The first-order chi connectivity index (χ1) is 8.49. The van der Waals surface area contributed by atoms with Gasteiger partial charge in [-0.2, -0.15) is 0 Å². The van der Waals surface area contributed by atoms with Crippen molar-refractivity contribution in [1.82, 2.24) is 4.98 Å². The van der Waals surface area contributed by atoms with Crippen LogP contribution in [0.5, 0.6) is 0 Å². The highest BCUT2D eigenvalue weighted by atomic mass is 19.2. The lowest BCUT2D eigenvalue weighted by Crippen LogP contribution is -2.11. The third kappa shape index (κ3) is 2.27. The first-order valence-electron chi connectivity index (χ1n) is 5.41. The summed E-state index contributed by atoms with van der Waals surface area (Å²) in [5.41, 5.74) is 5.65. The zero-order valence-corrected chi connectivity index (χ0v) is 10.00. The number of oxazole rings is 1. The van der Waals surface area contributed by atoms with Crippen molar-refractivity contribution in [2.24, 2.45) is 0 Å². The normalized spacial score (nSPS) is 12.4. The number of aromatic nitrogens is 1. The van der Waals surface area contributed by atoms with Gasteiger partial charge < -0.3 is 15.5 Å². The SMILES string of the molecule is Cc1cnc(C(C)Nc2c(N)ccc(F)c2F)o1. The molecule has 0 aliphatic rings. The molecule has 1 aromatic heterocycles. The van der Waals surface area contributed by atoms with E-state index < -0.39 is 17.7 Å². The second-order valence-electron chi connectivity index (χ2n) is 4.00. The van der Waals surface area contributed by atoms with Gasteiger partial charge in [0.1, 0.15) is 11.8 Å². The third-order valence-electron chi connectivity index (χ3n) is 2.50. The van der Waals surface area contributed by atoms with E-state index in [2.05, 4.69) is 10.3 Å². The van der Waals surface area contributed by atoms with E-state index in [9.17, 15) is 8.78 Å². The molecular weight excluding hydrogens is 240 g/mol. The number of benzene rings is 1. The number of nitrogens with zero attached hydrogens (tertiary/aromatic N) is 1. The van der Waals surface area contributed by atoms with Gasteiger partial charge in [0.25, 0.3) is 0 Å². The molecule has 3 N–H and O–H groups in total. The van der Waals surface area contributed by atoms with E-state index >= 15 is 0 Å². The molecule has 6 heteroatoms. The fourth-order valence-electron chi connectivity index (χ4n) is 1.56. The summed E-state index contributed by atoms with van der Waals surface area (Å²) in [6.45, 7) is 3.47. The van der Waals surface area contributed by atoms with Crippen LogP contribution in [0.15, 0.2) is 22.7 Å². The van der Waals surface area contributed by atoms with E-state index in [0.717, 1.165) is 6.07 Å². The summed E-state index contributed by atoms with van der Waals surface area (Å²) >= 11 is 0. The number of nitrogens with one attached hydrogen (secondary N) is 1. The van der Waals surface area contributed by atoms with E-state index in [1.807, 2.05) is 0 Å². The lowest BCUT2D eigenvalue weighted by Gasteiger charge is -2.14. The molecule has 0 radical (unpaired) electrons. The number of halogens is 2. The van der Waals surface area contributed by atoms with Crippen molar-refractivity contribution in [3.63, 3.8) is 0 Å². The molecule has 1 aromatic carbocycles. The molecule has 1 unspecified atom stereocenters. The fourth-order valence-corrected chi connectivity index (χ4v) is 1.56. The van der Waals surface area contributed by atoms with E-state index in [1.54, 1.807) is 20.0 Å². The molecule has 4 nitrogen and oxygen atoms in total. The minimum Gasteiger partial charge on any atom is -0.444 e. The Kier molecular flexibility index (Phi) is 3.18. The van der Waals surface area contributed by atoms with Crippen LogP contribution in [0.3, 0.4) is 0 Å². The van der Waals surface area contributed by atoms with Gasteiger partial charge in [0.05, 0.1) is 17.6 Å². The Balaban J connectivity index is 2.27. The van der Waals surface area contributed by atoms with Gasteiger partial charge in [-0.15, -0.1) is 0 Å². The first-order valence-corrected chi connectivity index (χ1v) is 5.41. The minimum atomic E-state index is -1.01. The van der Waals surface area contributed by atoms with Gasteiger partial charge in [0.15, 0.2) is 11.6 Å². The molecular formula is C12H13F2N3O. The second-order valence-corrected chi connectivity index (χ2v) is 4.00. The van der Waals surface area contributed by atoms with Gasteiger partial charge in [0, 0.05) is 0 Å². The van der Waals surface area contributed by atoms with Crippen LogP contribution < -0.4 is 11.1 Å². The molecule has 0 spiro atoms. The van der Waals surface area contributed by atoms with Crippen LogP contribution in [-0.2, 0) is 0 Å². The maximum absolute atomic E-state index is 13.6. The van der Waals surface area contributed by atoms with E-state index in [4.69, 9.17) is 10.2 Å². The molecule has 0 amide bonds. The smallest absolute Gasteiger partial charge is 0.216 e. The molecule has 0 saturated heterocycles.